The normalized spacial score (nSPS) is 41.8. The van der Waals surface area contributed by atoms with Gasteiger partial charge >= 0.3 is 0 Å². The molecule has 0 unspecified atom stereocenters. The fourth-order valence-corrected chi connectivity index (χ4v) is 10.6. The maximum Gasteiger partial charge on any atom is 0.220 e. The zero-order valence-corrected chi connectivity index (χ0v) is 23.8. The predicted molar refractivity (Wildman–Crippen MR) is 145 cm³/mol. The third kappa shape index (κ3) is 4.40. The highest BCUT2D eigenvalue weighted by Gasteiger charge is 2.62. The van der Waals surface area contributed by atoms with Crippen LogP contribution in [0, 0.1) is 52.3 Å². The average Bonchev–Trinajstić information content (AvgIpc) is 3.46. The minimum Gasteiger partial charge on any atom is -0.393 e. The van der Waals surface area contributed by atoms with Crippen LogP contribution < -0.4 is 5.32 Å². The molecule has 0 saturated heterocycles. The molecule has 5 rings (SSSR count). The lowest BCUT2D eigenvalue weighted by Crippen LogP contribution is -2.58. The second-order valence-electron chi connectivity index (χ2n) is 13.8. The summed E-state index contributed by atoms with van der Waals surface area (Å²) in [5, 5.41) is 16.9. The van der Waals surface area contributed by atoms with Crippen LogP contribution in [-0.4, -0.2) is 22.9 Å². The van der Waals surface area contributed by atoms with Crippen molar-refractivity contribution in [3.05, 3.63) is 22.4 Å². The van der Waals surface area contributed by atoms with Gasteiger partial charge in [0.15, 0.2) is 0 Å². The molecule has 4 fully saturated rings. The first-order chi connectivity index (χ1) is 17.0. The smallest absolute Gasteiger partial charge is 0.220 e. The molecule has 0 aliphatic heterocycles. The van der Waals surface area contributed by atoms with E-state index in [1.54, 1.807) is 11.3 Å². The van der Waals surface area contributed by atoms with Gasteiger partial charge < -0.3 is 10.4 Å². The van der Waals surface area contributed by atoms with Crippen LogP contribution in [-0.2, 0) is 9.59 Å². The van der Waals surface area contributed by atoms with Crippen molar-refractivity contribution in [3.63, 3.8) is 0 Å². The lowest BCUT2D eigenvalue weighted by molar-refractivity contribution is -0.169. The Balaban J connectivity index is 1.28. The van der Waals surface area contributed by atoms with Gasteiger partial charge in [-0.05, 0) is 102 Å². The van der Waals surface area contributed by atoms with E-state index in [-0.39, 0.29) is 28.9 Å². The molecule has 0 aromatic carbocycles. The molecule has 1 aromatic heterocycles. The van der Waals surface area contributed by atoms with E-state index in [1.807, 2.05) is 0 Å². The number of carbonyl (C=O) groups excluding carboxylic acids is 2. The molecule has 4 nitrogen and oxygen atoms in total. The summed E-state index contributed by atoms with van der Waals surface area (Å²) in [6, 6.07) is 4.27. The molecule has 2 N–H and O–H groups in total. The van der Waals surface area contributed by atoms with Gasteiger partial charge in [-0.1, -0.05) is 40.7 Å². The van der Waals surface area contributed by atoms with E-state index in [4.69, 9.17) is 0 Å². The first-order valence-corrected chi connectivity index (χ1v) is 15.4. The van der Waals surface area contributed by atoms with Crippen LogP contribution in [0.1, 0.15) is 103 Å². The SMILES string of the molecule is CC(C)[C@@H](NC(=O)C[C@@H](C)[C@H]1CC[C@H]2[C@@H]3[C@H](O)C[C@@H]4CC(=O)CC[C@]4(C)[C@H]3CC[C@]12C)c1cccs1. The Hall–Kier alpha value is -1.20. The summed E-state index contributed by atoms with van der Waals surface area (Å²) in [4.78, 5) is 26.7. The van der Waals surface area contributed by atoms with E-state index in [0.717, 1.165) is 19.3 Å². The van der Waals surface area contributed by atoms with E-state index in [2.05, 4.69) is 57.4 Å². The first kappa shape index (κ1) is 26.4. The topological polar surface area (TPSA) is 66.4 Å². The molecule has 200 valence electrons. The van der Waals surface area contributed by atoms with Crippen molar-refractivity contribution >= 4 is 23.0 Å². The fourth-order valence-electron chi connectivity index (χ4n) is 9.69. The summed E-state index contributed by atoms with van der Waals surface area (Å²) in [6.45, 7) is 11.6. The molecule has 5 heteroatoms. The van der Waals surface area contributed by atoms with Gasteiger partial charge in [-0.25, -0.2) is 0 Å². The number of hydrogen-bond donors (Lipinski definition) is 2. The second-order valence-corrected chi connectivity index (χ2v) is 14.7. The summed E-state index contributed by atoms with van der Waals surface area (Å²) in [7, 11) is 0. The van der Waals surface area contributed by atoms with Crippen LogP contribution >= 0.6 is 11.3 Å². The maximum atomic E-state index is 13.2. The minimum absolute atomic E-state index is 0.0838. The van der Waals surface area contributed by atoms with E-state index in [9.17, 15) is 14.7 Å². The van der Waals surface area contributed by atoms with Crippen LogP contribution in [0.5, 0.6) is 0 Å². The van der Waals surface area contributed by atoms with Crippen LogP contribution in [0.2, 0.25) is 0 Å². The highest BCUT2D eigenvalue weighted by atomic mass is 32.1. The Kier molecular flexibility index (Phi) is 7.22. The third-order valence-corrected chi connectivity index (χ3v) is 12.6. The predicted octanol–water partition coefficient (Wildman–Crippen LogP) is 6.79. The van der Waals surface area contributed by atoms with Crippen molar-refractivity contribution in [3.8, 4) is 0 Å². The largest absolute Gasteiger partial charge is 0.393 e. The van der Waals surface area contributed by atoms with Crippen molar-refractivity contribution in [2.24, 2.45) is 52.3 Å². The monoisotopic (exact) mass is 513 g/mol. The van der Waals surface area contributed by atoms with Gasteiger partial charge in [0, 0.05) is 24.1 Å². The van der Waals surface area contributed by atoms with E-state index in [0.29, 0.717) is 60.1 Å². The van der Waals surface area contributed by atoms with Crippen molar-refractivity contribution in [1.29, 1.82) is 0 Å². The van der Waals surface area contributed by atoms with Crippen LogP contribution in [0.4, 0.5) is 0 Å². The number of aliphatic hydroxyl groups is 1. The van der Waals surface area contributed by atoms with E-state index < -0.39 is 0 Å². The Bertz CT molecular complexity index is 959. The Morgan fingerprint density at radius 2 is 1.89 bits per heavy atom. The standard InChI is InChI=1S/C31H47NO3S/c1-18(2)29(26-7-6-14-36-26)32-27(35)15-19(3)22-8-9-23-28-24(11-13-31(22,23)5)30(4)12-10-21(33)16-20(30)17-25(28)34/h6-7,14,18-20,22-25,28-29,34H,8-13,15-17H2,1-5H3,(H,32,35)/t19-,20+,22-,23+,24+,25-,28+,29-,30+,31-/m1/s1. The molecule has 36 heavy (non-hydrogen) atoms. The first-order valence-electron chi connectivity index (χ1n) is 14.6. The molecule has 4 aliphatic rings. The molecular weight excluding hydrogens is 466 g/mol. The molecule has 0 radical (unpaired) electrons. The molecule has 10 atom stereocenters. The number of ketones is 1. The minimum atomic E-state index is -0.279. The van der Waals surface area contributed by atoms with Crippen molar-refractivity contribution < 1.29 is 14.7 Å². The Morgan fingerprint density at radius 1 is 1.14 bits per heavy atom. The molecule has 1 amide bonds. The number of hydrogen-bond acceptors (Lipinski definition) is 4. The summed E-state index contributed by atoms with van der Waals surface area (Å²) < 4.78 is 0. The molecule has 0 bridgehead atoms. The van der Waals surface area contributed by atoms with Gasteiger partial charge in [-0.3, -0.25) is 9.59 Å². The lowest BCUT2D eigenvalue weighted by Gasteiger charge is -2.61. The number of carbonyl (C=O) groups is 2. The van der Waals surface area contributed by atoms with Gasteiger partial charge in [-0.2, -0.15) is 0 Å². The number of amides is 1. The van der Waals surface area contributed by atoms with Gasteiger partial charge in [-0.15, -0.1) is 11.3 Å². The maximum absolute atomic E-state index is 13.2. The number of Topliss-reactive ketones (excluding diaryl/α,β-unsaturated/α-hetero) is 1. The quantitative estimate of drug-likeness (QED) is 0.440. The molecule has 4 aliphatic carbocycles. The van der Waals surface area contributed by atoms with Gasteiger partial charge in [0.05, 0.1) is 12.1 Å². The summed E-state index contributed by atoms with van der Waals surface area (Å²) >= 11 is 1.72. The van der Waals surface area contributed by atoms with Crippen LogP contribution in [0.15, 0.2) is 17.5 Å². The van der Waals surface area contributed by atoms with Crippen molar-refractivity contribution in [2.75, 3.05) is 0 Å². The van der Waals surface area contributed by atoms with Gasteiger partial charge in [0.25, 0.3) is 0 Å². The fraction of sp³-hybridized carbons (Fsp3) is 0.806. The third-order valence-electron chi connectivity index (χ3n) is 11.6. The van der Waals surface area contributed by atoms with Gasteiger partial charge in [0.2, 0.25) is 5.91 Å². The molecule has 0 spiro atoms. The number of rotatable bonds is 6. The van der Waals surface area contributed by atoms with Crippen molar-refractivity contribution in [1.82, 2.24) is 5.32 Å². The van der Waals surface area contributed by atoms with E-state index in [1.165, 1.54) is 30.6 Å². The van der Waals surface area contributed by atoms with Crippen molar-refractivity contribution in [2.45, 2.75) is 105 Å². The summed E-state index contributed by atoms with van der Waals surface area (Å²) in [6.07, 6.45) is 8.23. The highest BCUT2D eigenvalue weighted by Crippen LogP contribution is 2.68. The average molecular weight is 514 g/mol. The summed E-state index contributed by atoms with van der Waals surface area (Å²) in [5.74, 6) is 3.58. The van der Waals surface area contributed by atoms with E-state index >= 15 is 0 Å². The second kappa shape index (κ2) is 9.84. The molecular formula is C31H47NO3S. The number of nitrogens with one attached hydrogen (secondary N) is 1. The van der Waals surface area contributed by atoms with Crippen LogP contribution in [0.3, 0.4) is 0 Å². The number of fused-ring (bicyclic) bond motifs is 5. The van der Waals surface area contributed by atoms with Gasteiger partial charge in [0.1, 0.15) is 5.78 Å². The molecule has 4 saturated carbocycles. The molecule has 1 aromatic rings. The Morgan fingerprint density at radius 3 is 2.58 bits per heavy atom. The zero-order chi connectivity index (χ0) is 25.8. The molecule has 1 heterocycles. The Labute approximate surface area is 222 Å². The zero-order valence-electron chi connectivity index (χ0n) is 23.0. The summed E-state index contributed by atoms with van der Waals surface area (Å²) in [5.41, 5.74) is 0.400. The van der Waals surface area contributed by atoms with Crippen LogP contribution in [0.25, 0.3) is 0 Å². The number of thiophene rings is 1. The highest BCUT2D eigenvalue weighted by molar-refractivity contribution is 7.10. The number of aliphatic hydroxyl groups excluding tert-OH is 1. The lowest BCUT2D eigenvalue weighted by atomic mass is 9.44.